The number of halogens is 1. The van der Waals surface area contributed by atoms with Crippen LogP contribution in [0.1, 0.15) is 38.8 Å². The maximum absolute atomic E-state index is 13.4. The van der Waals surface area contributed by atoms with Crippen LogP contribution in [0.25, 0.3) is 0 Å². The minimum Gasteiger partial charge on any atom is -0.380 e. The second-order valence-electron chi connectivity index (χ2n) is 7.51. The lowest BCUT2D eigenvalue weighted by molar-refractivity contribution is 0.158. The number of piperidine rings is 1. The van der Waals surface area contributed by atoms with Crippen LogP contribution in [0.5, 0.6) is 0 Å². The molecule has 0 aliphatic carbocycles. The summed E-state index contributed by atoms with van der Waals surface area (Å²) >= 11 is 0. The van der Waals surface area contributed by atoms with E-state index in [0.717, 1.165) is 25.9 Å². The molecule has 0 amide bonds. The summed E-state index contributed by atoms with van der Waals surface area (Å²) in [7, 11) is 0. The summed E-state index contributed by atoms with van der Waals surface area (Å²) < 4.78 is 18.8. The molecule has 0 radical (unpaired) electrons. The van der Waals surface area contributed by atoms with Gasteiger partial charge in [0.15, 0.2) is 5.82 Å². The fraction of sp³-hybridized carbons (Fsp3) is 0.500. The fourth-order valence-corrected chi connectivity index (χ4v) is 3.40. The topological polar surface area (TPSA) is 112 Å². The summed E-state index contributed by atoms with van der Waals surface area (Å²) in [6, 6.07) is 6.31. The van der Waals surface area contributed by atoms with Crippen molar-refractivity contribution in [2.75, 3.05) is 48.4 Å². The lowest BCUT2D eigenvalue weighted by Crippen LogP contribution is -2.40. The number of hydrogen-bond acceptors (Lipinski definition) is 8. The SMILES string of the molecule is CCOCCNc1c(Nc2ccc(F)cc2)nc(N2CCC(N)CC2)nc1C(=N)CC. The molecule has 0 spiro atoms. The highest BCUT2D eigenvalue weighted by Gasteiger charge is 2.23. The van der Waals surface area contributed by atoms with E-state index in [1.807, 2.05) is 13.8 Å². The summed E-state index contributed by atoms with van der Waals surface area (Å²) in [5.74, 6) is 0.818. The number of nitrogens with one attached hydrogen (secondary N) is 3. The largest absolute Gasteiger partial charge is 0.380 e. The number of rotatable bonds is 10. The molecule has 2 heterocycles. The van der Waals surface area contributed by atoms with Crippen molar-refractivity contribution >= 4 is 28.9 Å². The molecule has 1 saturated heterocycles. The van der Waals surface area contributed by atoms with Crippen LogP contribution in [0.2, 0.25) is 0 Å². The summed E-state index contributed by atoms with van der Waals surface area (Å²) in [6.07, 6.45) is 2.29. The zero-order valence-electron chi connectivity index (χ0n) is 18.2. The third-order valence-corrected chi connectivity index (χ3v) is 5.22. The molecule has 1 aromatic heterocycles. The van der Waals surface area contributed by atoms with E-state index in [9.17, 15) is 4.39 Å². The molecule has 2 aromatic rings. The van der Waals surface area contributed by atoms with Crippen LogP contribution < -0.4 is 21.3 Å². The lowest BCUT2D eigenvalue weighted by atomic mass is 10.1. The first-order valence-corrected chi connectivity index (χ1v) is 10.9. The molecule has 0 unspecified atom stereocenters. The number of hydrogen-bond donors (Lipinski definition) is 4. The number of nitrogens with two attached hydrogens (primary N) is 1. The van der Waals surface area contributed by atoms with E-state index in [-0.39, 0.29) is 11.9 Å². The van der Waals surface area contributed by atoms with Crippen molar-refractivity contribution in [2.24, 2.45) is 5.73 Å². The zero-order valence-corrected chi connectivity index (χ0v) is 18.2. The summed E-state index contributed by atoms with van der Waals surface area (Å²) in [5, 5.41) is 15.1. The smallest absolute Gasteiger partial charge is 0.228 e. The minimum absolute atomic E-state index is 0.195. The maximum Gasteiger partial charge on any atom is 0.228 e. The van der Waals surface area contributed by atoms with Crippen molar-refractivity contribution in [3.8, 4) is 0 Å². The Bertz CT molecular complexity index is 867. The Hall–Kier alpha value is -2.78. The van der Waals surface area contributed by atoms with Crippen LogP contribution in [-0.4, -0.2) is 54.6 Å². The Kier molecular flexibility index (Phi) is 8.13. The summed E-state index contributed by atoms with van der Waals surface area (Å²) in [4.78, 5) is 11.6. The van der Waals surface area contributed by atoms with Crippen LogP contribution in [-0.2, 0) is 4.74 Å². The molecule has 1 aliphatic heterocycles. The van der Waals surface area contributed by atoms with Crippen LogP contribution in [0.4, 0.5) is 27.5 Å². The highest BCUT2D eigenvalue weighted by atomic mass is 19.1. The predicted octanol–water partition coefficient (Wildman–Crippen LogP) is 3.51. The highest BCUT2D eigenvalue weighted by Crippen LogP contribution is 2.30. The Morgan fingerprint density at radius 1 is 1.23 bits per heavy atom. The molecule has 0 bridgehead atoms. The van der Waals surface area contributed by atoms with E-state index in [1.165, 1.54) is 12.1 Å². The summed E-state index contributed by atoms with van der Waals surface area (Å²) in [5.41, 5.74) is 8.38. The molecule has 0 saturated carbocycles. The van der Waals surface area contributed by atoms with Crippen molar-refractivity contribution in [1.29, 1.82) is 5.41 Å². The normalized spacial score (nSPS) is 14.5. The van der Waals surface area contributed by atoms with Crippen LogP contribution in [0.3, 0.4) is 0 Å². The number of anilines is 4. The van der Waals surface area contributed by atoms with E-state index in [0.29, 0.717) is 60.7 Å². The summed E-state index contributed by atoms with van der Waals surface area (Å²) in [6.45, 7) is 7.13. The highest BCUT2D eigenvalue weighted by molar-refractivity contribution is 6.03. The lowest BCUT2D eigenvalue weighted by Gasteiger charge is -2.31. The number of ether oxygens (including phenoxy) is 1. The van der Waals surface area contributed by atoms with Gasteiger partial charge in [-0.3, -0.25) is 0 Å². The average Bonchev–Trinajstić information content (AvgIpc) is 2.78. The molecular formula is C22H32FN7O. The van der Waals surface area contributed by atoms with Gasteiger partial charge in [-0.15, -0.1) is 0 Å². The van der Waals surface area contributed by atoms with E-state index < -0.39 is 0 Å². The van der Waals surface area contributed by atoms with Gasteiger partial charge < -0.3 is 31.4 Å². The Labute approximate surface area is 182 Å². The molecular weight excluding hydrogens is 397 g/mol. The van der Waals surface area contributed by atoms with Crippen molar-refractivity contribution in [3.05, 3.63) is 35.8 Å². The third-order valence-electron chi connectivity index (χ3n) is 5.22. The van der Waals surface area contributed by atoms with Crippen molar-refractivity contribution in [1.82, 2.24) is 9.97 Å². The number of benzene rings is 1. The van der Waals surface area contributed by atoms with Crippen LogP contribution >= 0.6 is 0 Å². The first kappa shape index (κ1) is 22.9. The van der Waals surface area contributed by atoms with Gasteiger partial charge in [0.05, 0.1) is 12.3 Å². The average molecular weight is 430 g/mol. The standard InChI is InChI=1S/C22H32FN7O/c1-3-18(25)19-20(26-11-14-31-4-2)21(27-17-7-5-15(23)6-8-17)29-22(28-19)30-12-9-16(24)10-13-30/h5-8,16,25-26H,3-4,9-14,24H2,1-2H3,(H,27,28,29). The van der Waals surface area contributed by atoms with Gasteiger partial charge in [-0.2, -0.15) is 4.98 Å². The quantitative estimate of drug-likeness (QED) is 0.338. The second-order valence-corrected chi connectivity index (χ2v) is 7.51. The molecule has 31 heavy (non-hydrogen) atoms. The van der Waals surface area contributed by atoms with Gasteiger partial charge in [-0.25, -0.2) is 9.37 Å². The Morgan fingerprint density at radius 3 is 2.58 bits per heavy atom. The van der Waals surface area contributed by atoms with Crippen LogP contribution in [0, 0.1) is 11.2 Å². The van der Waals surface area contributed by atoms with Crippen LogP contribution in [0.15, 0.2) is 24.3 Å². The monoisotopic (exact) mass is 429 g/mol. The van der Waals surface area contributed by atoms with E-state index in [2.05, 4.69) is 15.5 Å². The maximum atomic E-state index is 13.4. The minimum atomic E-state index is -0.304. The van der Waals surface area contributed by atoms with Gasteiger partial charge in [0, 0.05) is 38.0 Å². The molecule has 168 valence electrons. The van der Waals surface area contributed by atoms with Gasteiger partial charge in [-0.1, -0.05) is 6.92 Å². The Balaban J connectivity index is 1.99. The van der Waals surface area contributed by atoms with Gasteiger partial charge in [0.2, 0.25) is 5.95 Å². The van der Waals surface area contributed by atoms with Crippen molar-refractivity contribution in [3.63, 3.8) is 0 Å². The van der Waals surface area contributed by atoms with Crippen molar-refractivity contribution < 1.29 is 9.13 Å². The number of nitrogens with zero attached hydrogens (tertiary/aromatic N) is 3. The molecule has 9 heteroatoms. The van der Waals surface area contributed by atoms with E-state index in [1.54, 1.807) is 12.1 Å². The molecule has 5 N–H and O–H groups in total. The molecule has 1 aliphatic rings. The van der Waals surface area contributed by atoms with Gasteiger partial charge in [0.1, 0.15) is 17.2 Å². The molecule has 8 nitrogen and oxygen atoms in total. The Morgan fingerprint density at radius 2 is 1.94 bits per heavy atom. The molecule has 1 fully saturated rings. The van der Waals surface area contributed by atoms with Gasteiger partial charge >= 0.3 is 0 Å². The van der Waals surface area contributed by atoms with E-state index >= 15 is 0 Å². The van der Waals surface area contributed by atoms with E-state index in [4.69, 9.17) is 25.8 Å². The third kappa shape index (κ3) is 6.11. The predicted molar refractivity (Wildman–Crippen MR) is 123 cm³/mol. The molecule has 1 aromatic carbocycles. The first-order chi connectivity index (χ1) is 15.0. The molecule has 3 rings (SSSR count). The first-order valence-electron chi connectivity index (χ1n) is 10.9. The fourth-order valence-electron chi connectivity index (χ4n) is 3.40. The number of aromatic nitrogens is 2. The zero-order chi connectivity index (χ0) is 22.2. The van der Waals surface area contributed by atoms with Gasteiger partial charge in [0.25, 0.3) is 0 Å². The van der Waals surface area contributed by atoms with Gasteiger partial charge in [-0.05, 0) is 50.5 Å². The second kappa shape index (κ2) is 11.0. The van der Waals surface area contributed by atoms with Crippen molar-refractivity contribution in [2.45, 2.75) is 39.2 Å². The molecule has 0 atom stereocenters.